The Hall–Kier alpha value is -3.04. The average molecular weight is 497 g/mol. The molecule has 0 bridgehead atoms. The summed E-state index contributed by atoms with van der Waals surface area (Å²) in [6, 6.07) is 12.9. The molecular weight excluding hydrogens is 464 g/mol. The molecule has 1 amide bonds. The van der Waals surface area contributed by atoms with Crippen molar-refractivity contribution in [1.29, 1.82) is 0 Å². The summed E-state index contributed by atoms with van der Waals surface area (Å²) in [5.41, 5.74) is 3.28. The average Bonchev–Trinajstić information content (AvgIpc) is 3.31. The monoisotopic (exact) mass is 496 g/mol. The van der Waals surface area contributed by atoms with Crippen molar-refractivity contribution >= 4 is 21.6 Å². The highest BCUT2D eigenvalue weighted by molar-refractivity contribution is 7.89. The van der Waals surface area contributed by atoms with E-state index >= 15 is 0 Å². The largest absolute Gasteiger partial charge is 0.339 e. The number of carbonyl (C=O) groups is 1. The van der Waals surface area contributed by atoms with Gasteiger partial charge in [-0.1, -0.05) is 43.3 Å². The number of carbonyl (C=O) groups excluding carboxylic acids is 1. The standard InChI is InChI=1S/C26H32N4O4S/c1-17(2)26-28-24(29-34-26)15-20-9-11-22(12-10-20)27-25(31)21-6-5-13-30(16-21)35(32,33)23-14-18(3)7-8-19(23)4/h7-12,14,17,21H,5-6,13,15-16H2,1-4H3,(H,27,31)/t21-/m0/s1. The highest BCUT2D eigenvalue weighted by atomic mass is 32.2. The third kappa shape index (κ3) is 5.79. The van der Waals surface area contributed by atoms with Crippen LogP contribution in [0.5, 0.6) is 0 Å². The van der Waals surface area contributed by atoms with Gasteiger partial charge in [0.1, 0.15) is 0 Å². The van der Waals surface area contributed by atoms with Crippen LogP contribution in [0.1, 0.15) is 61.0 Å². The number of hydrogen-bond donors (Lipinski definition) is 1. The second kappa shape index (κ2) is 10.3. The van der Waals surface area contributed by atoms with Gasteiger partial charge in [-0.05, 0) is 61.6 Å². The van der Waals surface area contributed by atoms with E-state index in [0.29, 0.717) is 53.7 Å². The molecule has 35 heavy (non-hydrogen) atoms. The third-order valence-corrected chi connectivity index (χ3v) is 8.28. The minimum absolute atomic E-state index is 0.168. The zero-order valence-electron chi connectivity index (χ0n) is 20.6. The van der Waals surface area contributed by atoms with Crippen molar-refractivity contribution in [3.8, 4) is 0 Å². The number of aromatic nitrogens is 2. The molecule has 1 aromatic heterocycles. The van der Waals surface area contributed by atoms with Crippen LogP contribution in [0.25, 0.3) is 0 Å². The maximum Gasteiger partial charge on any atom is 0.243 e. The Kier molecular flexibility index (Phi) is 7.37. The van der Waals surface area contributed by atoms with E-state index in [1.807, 2.05) is 57.2 Å². The molecule has 2 aromatic carbocycles. The fraction of sp³-hybridized carbons (Fsp3) is 0.423. The summed E-state index contributed by atoms with van der Waals surface area (Å²) in [5.74, 6) is 0.846. The molecule has 0 spiro atoms. The molecule has 1 saturated heterocycles. The molecule has 0 radical (unpaired) electrons. The zero-order chi connectivity index (χ0) is 25.2. The Morgan fingerprint density at radius 3 is 2.60 bits per heavy atom. The normalized spacial score (nSPS) is 17.0. The van der Waals surface area contributed by atoms with Gasteiger partial charge in [-0.2, -0.15) is 9.29 Å². The van der Waals surface area contributed by atoms with Crippen molar-refractivity contribution in [3.05, 3.63) is 70.9 Å². The zero-order valence-corrected chi connectivity index (χ0v) is 21.4. The van der Waals surface area contributed by atoms with Crippen LogP contribution >= 0.6 is 0 Å². The van der Waals surface area contributed by atoms with E-state index in [0.717, 1.165) is 11.1 Å². The molecule has 2 heterocycles. The van der Waals surface area contributed by atoms with Crippen molar-refractivity contribution in [1.82, 2.24) is 14.4 Å². The first-order chi connectivity index (χ1) is 16.6. The maximum absolute atomic E-state index is 13.3. The van der Waals surface area contributed by atoms with E-state index in [2.05, 4.69) is 15.5 Å². The van der Waals surface area contributed by atoms with E-state index in [1.165, 1.54) is 4.31 Å². The van der Waals surface area contributed by atoms with Gasteiger partial charge in [-0.25, -0.2) is 8.42 Å². The SMILES string of the molecule is Cc1ccc(C)c(S(=O)(=O)N2CCC[C@H](C(=O)Nc3ccc(Cc4noc(C(C)C)n4)cc3)C2)c1. The number of benzene rings is 2. The van der Waals surface area contributed by atoms with Gasteiger partial charge in [0, 0.05) is 31.1 Å². The molecule has 1 aliphatic heterocycles. The van der Waals surface area contributed by atoms with Crippen molar-refractivity contribution in [3.63, 3.8) is 0 Å². The van der Waals surface area contributed by atoms with Gasteiger partial charge in [-0.3, -0.25) is 4.79 Å². The van der Waals surface area contributed by atoms with E-state index in [9.17, 15) is 13.2 Å². The Morgan fingerprint density at radius 1 is 1.17 bits per heavy atom. The van der Waals surface area contributed by atoms with Gasteiger partial charge in [-0.15, -0.1) is 0 Å². The lowest BCUT2D eigenvalue weighted by Crippen LogP contribution is -2.43. The number of anilines is 1. The Labute approximate surface area is 206 Å². The molecule has 1 N–H and O–H groups in total. The quantitative estimate of drug-likeness (QED) is 0.518. The second-order valence-electron chi connectivity index (χ2n) is 9.54. The third-order valence-electron chi connectivity index (χ3n) is 6.28. The first-order valence-electron chi connectivity index (χ1n) is 11.9. The van der Waals surface area contributed by atoms with Gasteiger partial charge in [0.15, 0.2) is 5.82 Å². The maximum atomic E-state index is 13.3. The highest BCUT2D eigenvalue weighted by Gasteiger charge is 2.34. The van der Waals surface area contributed by atoms with Crippen molar-refractivity contribution in [2.45, 2.75) is 57.8 Å². The number of nitrogens with zero attached hydrogens (tertiary/aromatic N) is 3. The second-order valence-corrected chi connectivity index (χ2v) is 11.4. The van der Waals surface area contributed by atoms with Crippen LogP contribution in [0.2, 0.25) is 0 Å². The molecule has 1 atom stereocenters. The topological polar surface area (TPSA) is 105 Å². The van der Waals surface area contributed by atoms with Crippen LogP contribution in [-0.2, 0) is 21.2 Å². The molecule has 0 aliphatic carbocycles. The minimum atomic E-state index is -3.66. The number of sulfonamides is 1. The van der Waals surface area contributed by atoms with Crippen molar-refractivity contribution in [2.24, 2.45) is 5.92 Å². The number of rotatable bonds is 7. The molecular formula is C26H32N4O4S. The lowest BCUT2D eigenvalue weighted by Gasteiger charge is -2.31. The molecule has 0 unspecified atom stereocenters. The summed E-state index contributed by atoms with van der Waals surface area (Å²) in [5, 5.41) is 6.96. The first-order valence-corrected chi connectivity index (χ1v) is 13.4. The smallest absolute Gasteiger partial charge is 0.243 e. The predicted molar refractivity (Wildman–Crippen MR) is 134 cm³/mol. The Bertz CT molecular complexity index is 1300. The Morgan fingerprint density at radius 2 is 1.91 bits per heavy atom. The number of hydrogen-bond acceptors (Lipinski definition) is 6. The molecule has 1 fully saturated rings. The highest BCUT2D eigenvalue weighted by Crippen LogP contribution is 2.27. The van der Waals surface area contributed by atoms with Gasteiger partial charge in [0.2, 0.25) is 21.8 Å². The van der Waals surface area contributed by atoms with Crippen LogP contribution in [0.4, 0.5) is 5.69 Å². The van der Waals surface area contributed by atoms with Crippen LogP contribution < -0.4 is 5.32 Å². The van der Waals surface area contributed by atoms with Gasteiger partial charge in [0.25, 0.3) is 0 Å². The Balaban J connectivity index is 1.39. The van der Waals surface area contributed by atoms with Gasteiger partial charge in [0.05, 0.1) is 10.8 Å². The molecule has 186 valence electrons. The van der Waals surface area contributed by atoms with Crippen LogP contribution in [0.3, 0.4) is 0 Å². The van der Waals surface area contributed by atoms with E-state index in [-0.39, 0.29) is 18.4 Å². The summed E-state index contributed by atoms with van der Waals surface area (Å²) in [4.78, 5) is 17.7. The summed E-state index contributed by atoms with van der Waals surface area (Å²) in [6.07, 6.45) is 1.83. The number of aryl methyl sites for hydroxylation is 2. The van der Waals surface area contributed by atoms with Crippen LogP contribution in [0.15, 0.2) is 51.9 Å². The molecule has 3 aromatic rings. The van der Waals surface area contributed by atoms with Gasteiger partial charge < -0.3 is 9.84 Å². The number of amides is 1. The molecule has 9 heteroatoms. The lowest BCUT2D eigenvalue weighted by molar-refractivity contribution is -0.120. The van der Waals surface area contributed by atoms with Crippen molar-refractivity contribution in [2.75, 3.05) is 18.4 Å². The van der Waals surface area contributed by atoms with E-state index < -0.39 is 15.9 Å². The number of nitrogens with one attached hydrogen (secondary N) is 1. The van der Waals surface area contributed by atoms with Crippen LogP contribution in [0, 0.1) is 19.8 Å². The molecule has 0 saturated carbocycles. The van der Waals surface area contributed by atoms with Gasteiger partial charge >= 0.3 is 0 Å². The summed E-state index contributed by atoms with van der Waals surface area (Å²) >= 11 is 0. The fourth-order valence-electron chi connectivity index (χ4n) is 4.21. The fourth-order valence-corrected chi connectivity index (χ4v) is 6.04. The molecule has 1 aliphatic rings. The lowest BCUT2D eigenvalue weighted by atomic mass is 9.98. The number of piperidine rings is 1. The summed E-state index contributed by atoms with van der Waals surface area (Å²) < 4.78 is 33.3. The van der Waals surface area contributed by atoms with E-state index in [1.54, 1.807) is 13.0 Å². The minimum Gasteiger partial charge on any atom is -0.339 e. The van der Waals surface area contributed by atoms with E-state index in [4.69, 9.17) is 4.52 Å². The molecule has 4 rings (SSSR count). The van der Waals surface area contributed by atoms with Crippen molar-refractivity contribution < 1.29 is 17.7 Å². The summed E-state index contributed by atoms with van der Waals surface area (Å²) in [7, 11) is -3.66. The predicted octanol–water partition coefficient (Wildman–Crippen LogP) is 4.44. The summed E-state index contributed by atoms with van der Waals surface area (Å²) in [6.45, 7) is 8.27. The first kappa shape index (κ1) is 25.1. The van der Waals surface area contributed by atoms with Crippen LogP contribution in [-0.4, -0.2) is 41.9 Å². The molecule has 8 nitrogen and oxygen atoms in total.